The molecule has 15 heavy (non-hydrogen) atoms. The first-order valence-electron chi connectivity index (χ1n) is 5.96. The van der Waals surface area contributed by atoms with Crippen LogP contribution in [0.15, 0.2) is 24.3 Å². The van der Waals surface area contributed by atoms with Gasteiger partial charge in [-0.2, -0.15) is 0 Å². The summed E-state index contributed by atoms with van der Waals surface area (Å²) in [6.07, 6.45) is 0. The van der Waals surface area contributed by atoms with Gasteiger partial charge in [0, 0.05) is 11.7 Å². The second-order valence-electron chi connectivity index (χ2n) is 4.04. The van der Waals surface area contributed by atoms with Crippen molar-refractivity contribution in [2.75, 3.05) is 5.32 Å². The van der Waals surface area contributed by atoms with Crippen LogP contribution in [0.2, 0.25) is 0 Å². The van der Waals surface area contributed by atoms with Crippen LogP contribution in [0.5, 0.6) is 0 Å². The summed E-state index contributed by atoms with van der Waals surface area (Å²) in [6.45, 7) is 12.8. The summed E-state index contributed by atoms with van der Waals surface area (Å²) in [5, 5.41) is 3.45. The first kappa shape index (κ1) is 14.0. The van der Waals surface area contributed by atoms with Gasteiger partial charge in [-0.05, 0) is 31.4 Å². The number of nitrogens with one attached hydrogen (secondary N) is 1. The molecule has 0 saturated heterocycles. The van der Waals surface area contributed by atoms with E-state index in [1.165, 1.54) is 11.3 Å². The Balaban J connectivity index is 0.000000921. The average molecular weight is 207 g/mol. The summed E-state index contributed by atoms with van der Waals surface area (Å²) in [4.78, 5) is 0. The minimum absolute atomic E-state index is 0.500. The van der Waals surface area contributed by atoms with Gasteiger partial charge in [-0.1, -0.05) is 45.9 Å². The normalized spacial score (nSPS) is 9.87. The van der Waals surface area contributed by atoms with Gasteiger partial charge >= 0.3 is 0 Å². The molecule has 1 aromatic carbocycles. The van der Waals surface area contributed by atoms with Crippen molar-refractivity contribution in [3.63, 3.8) is 0 Å². The zero-order chi connectivity index (χ0) is 11.8. The lowest BCUT2D eigenvalue weighted by molar-refractivity contribution is 0.847. The van der Waals surface area contributed by atoms with E-state index in [4.69, 9.17) is 0 Å². The lowest BCUT2D eigenvalue weighted by Gasteiger charge is -2.16. The van der Waals surface area contributed by atoms with E-state index in [0.29, 0.717) is 12.0 Å². The third-order valence-electron chi connectivity index (χ3n) is 2.03. The molecule has 0 aromatic heterocycles. The maximum atomic E-state index is 3.45. The summed E-state index contributed by atoms with van der Waals surface area (Å²) < 4.78 is 0. The lowest BCUT2D eigenvalue weighted by atomic mass is 10.0. The Labute approximate surface area is 94.9 Å². The lowest BCUT2D eigenvalue weighted by Crippen LogP contribution is -2.11. The molecular formula is C14H25N. The highest BCUT2D eigenvalue weighted by molar-refractivity contribution is 5.52. The van der Waals surface area contributed by atoms with Gasteiger partial charge in [0.2, 0.25) is 0 Å². The molecule has 1 rings (SSSR count). The molecule has 0 fully saturated rings. The molecule has 0 aliphatic rings. The highest BCUT2D eigenvalue weighted by Gasteiger charge is 2.05. The fourth-order valence-corrected chi connectivity index (χ4v) is 1.44. The molecule has 0 heterocycles. The molecule has 0 amide bonds. The van der Waals surface area contributed by atoms with Crippen LogP contribution in [0, 0.1) is 0 Å². The molecular weight excluding hydrogens is 182 g/mol. The number of hydrogen-bond donors (Lipinski definition) is 1. The predicted molar refractivity (Wildman–Crippen MR) is 70.6 cm³/mol. The first-order chi connectivity index (χ1) is 7.11. The van der Waals surface area contributed by atoms with Crippen molar-refractivity contribution in [2.24, 2.45) is 0 Å². The third kappa shape index (κ3) is 4.87. The number of anilines is 1. The van der Waals surface area contributed by atoms with Gasteiger partial charge in [-0.15, -0.1) is 0 Å². The van der Waals surface area contributed by atoms with Crippen LogP contribution in [-0.4, -0.2) is 6.04 Å². The fourth-order valence-electron chi connectivity index (χ4n) is 1.44. The van der Waals surface area contributed by atoms with E-state index < -0.39 is 0 Å². The minimum atomic E-state index is 0.500. The number of benzene rings is 1. The second kappa shape index (κ2) is 7.33. The van der Waals surface area contributed by atoms with E-state index in [2.05, 4.69) is 57.3 Å². The Morgan fingerprint density at radius 2 is 1.47 bits per heavy atom. The zero-order valence-electron chi connectivity index (χ0n) is 11.0. The molecule has 0 radical (unpaired) electrons. The van der Waals surface area contributed by atoms with Crippen LogP contribution >= 0.6 is 0 Å². The van der Waals surface area contributed by atoms with E-state index in [1.807, 2.05) is 13.8 Å². The smallest absolute Gasteiger partial charge is 0.0377 e. The molecule has 0 saturated carbocycles. The molecule has 0 aliphatic heterocycles. The quantitative estimate of drug-likeness (QED) is 0.760. The molecule has 1 heteroatoms. The van der Waals surface area contributed by atoms with Gasteiger partial charge < -0.3 is 5.32 Å². The Hall–Kier alpha value is -0.980. The fraction of sp³-hybridized carbons (Fsp3) is 0.571. The molecule has 0 unspecified atom stereocenters. The van der Waals surface area contributed by atoms with Crippen molar-refractivity contribution in [2.45, 2.75) is 53.5 Å². The summed E-state index contributed by atoms with van der Waals surface area (Å²) >= 11 is 0. The third-order valence-corrected chi connectivity index (χ3v) is 2.03. The molecule has 1 nitrogen and oxygen atoms in total. The van der Waals surface area contributed by atoms with Crippen LogP contribution in [-0.2, 0) is 0 Å². The van der Waals surface area contributed by atoms with Gasteiger partial charge in [-0.3, -0.25) is 0 Å². The minimum Gasteiger partial charge on any atom is -0.383 e. The molecule has 0 spiro atoms. The van der Waals surface area contributed by atoms with Crippen LogP contribution in [0.1, 0.15) is 53.0 Å². The summed E-state index contributed by atoms with van der Waals surface area (Å²) in [7, 11) is 0. The summed E-state index contributed by atoms with van der Waals surface area (Å²) in [5.74, 6) is 0.586. The molecule has 0 aliphatic carbocycles. The summed E-state index contributed by atoms with van der Waals surface area (Å²) in [5.41, 5.74) is 2.67. The molecule has 0 bridgehead atoms. The van der Waals surface area contributed by atoms with Crippen LogP contribution < -0.4 is 5.32 Å². The zero-order valence-corrected chi connectivity index (χ0v) is 11.0. The number of hydrogen-bond acceptors (Lipinski definition) is 1. The summed E-state index contributed by atoms with van der Waals surface area (Å²) in [6, 6.07) is 9.02. The van der Waals surface area contributed by atoms with Crippen molar-refractivity contribution < 1.29 is 0 Å². The monoisotopic (exact) mass is 207 g/mol. The van der Waals surface area contributed by atoms with Gasteiger partial charge in [0.05, 0.1) is 0 Å². The Morgan fingerprint density at radius 3 is 1.93 bits per heavy atom. The molecule has 86 valence electrons. The standard InChI is InChI=1S/C12H19N.C2H6/c1-9(2)11-7-5-6-8-12(11)13-10(3)4;1-2/h5-10,13H,1-4H3;1-2H3. The molecule has 1 aromatic rings. The molecule has 0 atom stereocenters. The predicted octanol–water partition coefficient (Wildman–Crippen LogP) is 4.66. The average Bonchev–Trinajstić information content (AvgIpc) is 2.20. The van der Waals surface area contributed by atoms with Gasteiger partial charge in [0.15, 0.2) is 0 Å². The van der Waals surface area contributed by atoms with E-state index in [-0.39, 0.29) is 0 Å². The highest BCUT2D eigenvalue weighted by atomic mass is 14.9. The topological polar surface area (TPSA) is 12.0 Å². The maximum Gasteiger partial charge on any atom is 0.0377 e. The maximum absolute atomic E-state index is 3.45. The van der Waals surface area contributed by atoms with Gasteiger partial charge in [0.1, 0.15) is 0 Å². The second-order valence-corrected chi connectivity index (χ2v) is 4.04. The van der Waals surface area contributed by atoms with Crippen LogP contribution in [0.25, 0.3) is 0 Å². The first-order valence-corrected chi connectivity index (χ1v) is 5.96. The van der Waals surface area contributed by atoms with E-state index in [9.17, 15) is 0 Å². The van der Waals surface area contributed by atoms with Crippen molar-refractivity contribution in [1.82, 2.24) is 0 Å². The van der Waals surface area contributed by atoms with Gasteiger partial charge in [-0.25, -0.2) is 0 Å². The van der Waals surface area contributed by atoms with Crippen molar-refractivity contribution in [3.05, 3.63) is 29.8 Å². The largest absolute Gasteiger partial charge is 0.383 e. The SMILES string of the molecule is CC.CC(C)Nc1ccccc1C(C)C. The Kier molecular flexibility index (Phi) is 6.85. The van der Waals surface area contributed by atoms with Crippen molar-refractivity contribution >= 4 is 5.69 Å². The van der Waals surface area contributed by atoms with E-state index in [1.54, 1.807) is 0 Å². The Bertz CT molecular complexity index is 264. The van der Waals surface area contributed by atoms with Gasteiger partial charge in [0.25, 0.3) is 0 Å². The van der Waals surface area contributed by atoms with Crippen LogP contribution in [0.4, 0.5) is 5.69 Å². The molecule has 1 N–H and O–H groups in total. The van der Waals surface area contributed by atoms with Crippen molar-refractivity contribution in [3.8, 4) is 0 Å². The van der Waals surface area contributed by atoms with Crippen molar-refractivity contribution in [1.29, 1.82) is 0 Å². The van der Waals surface area contributed by atoms with E-state index >= 15 is 0 Å². The number of para-hydroxylation sites is 1. The Morgan fingerprint density at radius 1 is 0.933 bits per heavy atom. The van der Waals surface area contributed by atoms with E-state index in [0.717, 1.165) is 0 Å². The highest BCUT2D eigenvalue weighted by Crippen LogP contribution is 2.23. The number of rotatable bonds is 3. The van der Waals surface area contributed by atoms with Crippen LogP contribution in [0.3, 0.4) is 0 Å².